The first-order valence-electron chi connectivity index (χ1n) is 6.78. The van der Waals surface area contributed by atoms with E-state index in [0.29, 0.717) is 24.6 Å². The highest BCUT2D eigenvalue weighted by molar-refractivity contribution is 5.94. The van der Waals surface area contributed by atoms with E-state index in [1.54, 1.807) is 4.90 Å². The van der Waals surface area contributed by atoms with Crippen molar-refractivity contribution in [2.45, 2.75) is 38.1 Å². The zero-order valence-corrected chi connectivity index (χ0v) is 11.6. The molecule has 1 atom stereocenters. The Labute approximate surface area is 113 Å². The molecular weight excluding hydrogens is 246 g/mol. The first kappa shape index (κ1) is 13.9. The van der Waals surface area contributed by atoms with Crippen LogP contribution in [0.4, 0.5) is 0 Å². The van der Waals surface area contributed by atoms with Crippen molar-refractivity contribution >= 4 is 11.9 Å². The number of hydrogen-bond donors (Lipinski definition) is 0. The predicted octanol–water partition coefficient (Wildman–Crippen LogP) is 1.48. The largest absolute Gasteiger partial charge is 0.499 e. The van der Waals surface area contributed by atoms with Crippen LogP contribution in [0.1, 0.15) is 32.1 Å². The third-order valence-corrected chi connectivity index (χ3v) is 4.04. The van der Waals surface area contributed by atoms with Gasteiger partial charge >= 0.3 is 5.97 Å². The van der Waals surface area contributed by atoms with Crippen molar-refractivity contribution in [2.24, 2.45) is 5.92 Å². The Hall–Kier alpha value is -1.52. The van der Waals surface area contributed by atoms with E-state index < -0.39 is 6.04 Å². The topological polar surface area (TPSA) is 55.8 Å². The molecule has 5 nitrogen and oxygen atoms in total. The van der Waals surface area contributed by atoms with Gasteiger partial charge in [-0.15, -0.1) is 0 Å². The van der Waals surface area contributed by atoms with E-state index in [4.69, 9.17) is 9.47 Å². The van der Waals surface area contributed by atoms with Gasteiger partial charge in [-0.25, -0.2) is 4.79 Å². The van der Waals surface area contributed by atoms with Gasteiger partial charge < -0.3 is 14.4 Å². The first-order valence-corrected chi connectivity index (χ1v) is 6.78. The van der Waals surface area contributed by atoms with Crippen LogP contribution in [0.15, 0.2) is 11.8 Å². The minimum atomic E-state index is -0.482. The van der Waals surface area contributed by atoms with Gasteiger partial charge in [0.25, 0.3) is 5.91 Å². The molecule has 0 aromatic heterocycles. The predicted molar refractivity (Wildman–Crippen MR) is 69.2 cm³/mol. The van der Waals surface area contributed by atoms with Gasteiger partial charge in [0.1, 0.15) is 11.8 Å². The molecule has 0 bridgehead atoms. The molecule has 0 aromatic rings. The van der Waals surface area contributed by atoms with Crippen LogP contribution in [0, 0.1) is 5.92 Å². The van der Waals surface area contributed by atoms with Crippen LogP contribution in [0.25, 0.3) is 0 Å². The Morgan fingerprint density at radius 3 is 2.63 bits per heavy atom. The summed E-state index contributed by atoms with van der Waals surface area (Å²) in [4.78, 5) is 25.4. The number of carbonyl (C=O) groups excluding carboxylic acids is 2. The summed E-state index contributed by atoms with van der Waals surface area (Å²) in [5.74, 6) is 0.630. The summed E-state index contributed by atoms with van der Waals surface area (Å²) in [5.41, 5.74) is 0. The van der Waals surface area contributed by atoms with Crippen LogP contribution in [0.2, 0.25) is 0 Å². The van der Waals surface area contributed by atoms with E-state index in [1.165, 1.54) is 33.1 Å². The molecule has 0 aromatic carbocycles. The summed E-state index contributed by atoms with van der Waals surface area (Å²) in [5, 5.41) is 0. The Bertz CT molecular complexity index is 385. The van der Waals surface area contributed by atoms with Crippen LogP contribution in [-0.4, -0.2) is 43.6 Å². The standard InChI is InChI=1S/C14H21NO4/c1-18-11-8-13(16)15(9-11)12(14(17)19-2)7-10-5-3-4-6-10/h8,10,12H,3-7,9H2,1-2H3/t12-/m0/s1. The van der Waals surface area contributed by atoms with Gasteiger partial charge in [-0.3, -0.25) is 4.79 Å². The highest BCUT2D eigenvalue weighted by atomic mass is 16.5. The molecule has 19 heavy (non-hydrogen) atoms. The second-order valence-corrected chi connectivity index (χ2v) is 5.21. The lowest BCUT2D eigenvalue weighted by Gasteiger charge is -2.27. The Morgan fingerprint density at radius 2 is 2.11 bits per heavy atom. The maximum atomic E-state index is 11.9. The van der Waals surface area contributed by atoms with Crippen molar-refractivity contribution in [3.63, 3.8) is 0 Å². The van der Waals surface area contributed by atoms with Crippen molar-refractivity contribution in [3.05, 3.63) is 11.8 Å². The minimum absolute atomic E-state index is 0.162. The quantitative estimate of drug-likeness (QED) is 0.708. The summed E-state index contributed by atoms with van der Waals surface area (Å²) in [6.45, 7) is 0.363. The minimum Gasteiger partial charge on any atom is -0.499 e. The molecule has 0 radical (unpaired) electrons. The lowest BCUT2D eigenvalue weighted by Crippen LogP contribution is -2.44. The molecule has 1 aliphatic carbocycles. The SMILES string of the molecule is COC(=O)[C@H](CC1CCCC1)N1CC(OC)=CC1=O. The number of rotatable bonds is 5. The van der Waals surface area contributed by atoms with E-state index >= 15 is 0 Å². The van der Waals surface area contributed by atoms with Gasteiger partial charge in [0.15, 0.2) is 0 Å². The van der Waals surface area contributed by atoms with Crippen molar-refractivity contribution in [1.82, 2.24) is 4.90 Å². The molecule has 0 unspecified atom stereocenters. The Balaban J connectivity index is 2.05. The van der Waals surface area contributed by atoms with Crippen molar-refractivity contribution in [1.29, 1.82) is 0 Å². The summed E-state index contributed by atoms with van der Waals surface area (Å²) in [6, 6.07) is -0.482. The van der Waals surface area contributed by atoms with Gasteiger partial charge in [-0.05, 0) is 12.3 Å². The zero-order valence-electron chi connectivity index (χ0n) is 11.6. The van der Waals surface area contributed by atoms with Crippen LogP contribution < -0.4 is 0 Å². The van der Waals surface area contributed by atoms with Gasteiger partial charge in [0.2, 0.25) is 0 Å². The molecule has 5 heteroatoms. The van der Waals surface area contributed by atoms with Crippen LogP contribution in [-0.2, 0) is 19.1 Å². The second-order valence-electron chi connectivity index (χ2n) is 5.21. The lowest BCUT2D eigenvalue weighted by molar-refractivity contribution is -0.151. The number of esters is 1. The summed E-state index contributed by atoms with van der Waals surface area (Å²) < 4.78 is 9.95. The fourth-order valence-corrected chi connectivity index (χ4v) is 2.95. The third-order valence-electron chi connectivity index (χ3n) is 4.04. The average molecular weight is 267 g/mol. The fourth-order valence-electron chi connectivity index (χ4n) is 2.95. The Morgan fingerprint density at radius 1 is 1.42 bits per heavy atom. The fraction of sp³-hybridized carbons (Fsp3) is 0.714. The van der Waals surface area contributed by atoms with E-state index in [0.717, 1.165) is 12.8 Å². The molecule has 1 amide bonds. The first-order chi connectivity index (χ1) is 9.15. The number of ether oxygens (including phenoxy) is 2. The van der Waals surface area contributed by atoms with Crippen LogP contribution in [0.5, 0.6) is 0 Å². The summed E-state index contributed by atoms with van der Waals surface area (Å²) >= 11 is 0. The molecule has 2 aliphatic rings. The summed E-state index contributed by atoms with van der Waals surface area (Å²) in [6.07, 6.45) is 6.86. The molecule has 1 heterocycles. The highest BCUT2D eigenvalue weighted by Gasteiger charge is 2.36. The third kappa shape index (κ3) is 3.08. The monoisotopic (exact) mass is 267 g/mol. The second kappa shape index (κ2) is 6.08. The van der Waals surface area contributed by atoms with E-state index in [2.05, 4.69) is 0 Å². The number of hydrogen-bond acceptors (Lipinski definition) is 4. The number of nitrogens with zero attached hydrogens (tertiary/aromatic N) is 1. The van der Waals surface area contributed by atoms with E-state index in [9.17, 15) is 9.59 Å². The van der Waals surface area contributed by atoms with Crippen LogP contribution >= 0.6 is 0 Å². The molecule has 1 saturated carbocycles. The molecule has 1 aliphatic heterocycles. The maximum Gasteiger partial charge on any atom is 0.328 e. The van der Waals surface area contributed by atoms with Crippen molar-refractivity contribution in [2.75, 3.05) is 20.8 Å². The van der Waals surface area contributed by atoms with Gasteiger partial charge in [0, 0.05) is 6.08 Å². The molecule has 2 rings (SSSR count). The lowest BCUT2D eigenvalue weighted by atomic mass is 9.97. The number of methoxy groups -OCH3 is 2. The van der Waals surface area contributed by atoms with Gasteiger partial charge in [-0.1, -0.05) is 25.7 Å². The average Bonchev–Trinajstić information content (AvgIpc) is 3.04. The number of amides is 1. The van der Waals surface area contributed by atoms with Gasteiger partial charge in [0.05, 0.1) is 20.8 Å². The smallest absolute Gasteiger partial charge is 0.328 e. The van der Waals surface area contributed by atoms with Crippen molar-refractivity contribution in [3.8, 4) is 0 Å². The van der Waals surface area contributed by atoms with Crippen LogP contribution in [0.3, 0.4) is 0 Å². The highest BCUT2D eigenvalue weighted by Crippen LogP contribution is 2.31. The van der Waals surface area contributed by atoms with Crippen molar-refractivity contribution < 1.29 is 19.1 Å². The summed E-state index contributed by atoms with van der Waals surface area (Å²) in [7, 11) is 2.90. The molecule has 1 fully saturated rings. The maximum absolute atomic E-state index is 11.9. The normalized spacial score (nSPS) is 21.5. The molecular formula is C14H21NO4. The number of carbonyl (C=O) groups is 2. The molecule has 0 N–H and O–H groups in total. The van der Waals surface area contributed by atoms with E-state index in [-0.39, 0.29) is 11.9 Å². The van der Waals surface area contributed by atoms with E-state index in [1.807, 2.05) is 0 Å². The van der Waals surface area contributed by atoms with Gasteiger partial charge in [-0.2, -0.15) is 0 Å². The Kier molecular flexibility index (Phi) is 4.45. The molecule has 0 saturated heterocycles. The zero-order chi connectivity index (χ0) is 13.8. The molecule has 106 valence electrons. The molecule has 0 spiro atoms.